The van der Waals surface area contributed by atoms with Crippen molar-refractivity contribution in [3.8, 4) is 11.4 Å². The van der Waals surface area contributed by atoms with Crippen LogP contribution in [0.5, 0.6) is 0 Å². The van der Waals surface area contributed by atoms with E-state index in [1.165, 1.54) is 12.1 Å². The Bertz CT molecular complexity index is 875. The number of pyridine rings is 1. The Balaban J connectivity index is 1.90. The van der Waals surface area contributed by atoms with E-state index in [-0.39, 0.29) is 11.7 Å². The summed E-state index contributed by atoms with van der Waals surface area (Å²) in [5.41, 5.74) is 2.96. The second-order valence-electron chi connectivity index (χ2n) is 6.05. The van der Waals surface area contributed by atoms with Crippen LogP contribution in [0, 0.1) is 5.82 Å². The highest BCUT2D eigenvalue weighted by Gasteiger charge is 2.18. The molecule has 0 spiro atoms. The zero-order chi connectivity index (χ0) is 18.5. The van der Waals surface area contributed by atoms with E-state index >= 15 is 0 Å². The Morgan fingerprint density at radius 3 is 2.62 bits per heavy atom. The highest BCUT2D eigenvalue weighted by molar-refractivity contribution is 5.93. The first-order chi connectivity index (χ1) is 12.6. The van der Waals surface area contributed by atoms with Crippen LogP contribution in [0.3, 0.4) is 0 Å². The van der Waals surface area contributed by atoms with Crippen LogP contribution >= 0.6 is 0 Å². The molecule has 0 aliphatic heterocycles. The standard InChI is InChI=1S/C20H21FN4O/c1-3-24(2)20(26)18-14-19(17-6-4-5-12-22-17)25(23-18)13-11-15-7-9-16(21)10-8-15/h4-10,12,14H,3,11,13H2,1-2H3. The van der Waals surface area contributed by atoms with E-state index in [1.807, 2.05) is 25.1 Å². The quantitative estimate of drug-likeness (QED) is 0.683. The Hall–Kier alpha value is -3.02. The van der Waals surface area contributed by atoms with E-state index in [2.05, 4.69) is 10.1 Å². The van der Waals surface area contributed by atoms with E-state index in [0.29, 0.717) is 25.2 Å². The smallest absolute Gasteiger partial charge is 0.274 e. The zero-order valence-corrected chi connectivity index (χ0v) is 14.9. The van der Waals surface area contributed by atoms with Crippen LogP contribution in [0.15, 0.2) is 54.7 Å². The molecule has 0 radical (unpaired) electrons. The van der Waals surface area contributed by atoms with Crippen molar-refractivity contribution in [2.75, 3.05) is 13.6 Å². The molecule has 0 bridgehead atoms. The molecule has 0 N–H and O–H groups in total. The van der Waals surface area contributed by atoms with Crippen molar-refractivity contribution in [1.29, 1.82) is 0 Å². The summed E-state index contributed by atoms with van der Waals surface area (Å²) >= 11 is 0. The molecular formula is C20H21FN4O. The minimum absolute atomic E-state index is 0.120. The van der Waals surface area contributed by atoms with Gasteiger partial charge in [-0.3, -0.25) is 14.5 Å². The van der Waals surface area contributed by atoms with Crippen molar-refractivity contribution in [2.24, 2.45) is 0 Å². The van der Waals surface area contributed by atoms with Gasteiger partial charge in [-0.05, 0) is 49.2 Å². The van der Waals surface area contributed by atoms with Gasteiger partial charge in [0.2, 0.25) is 0 Å². The molecule has 2 aromatic heterocycles. The summed E-state index contributed by atoms with van der Waals surface area (Å²) in [4.78, 5) is 18.5. The van der Waals surface area contributed by atoms with Crippen LogP contribution < -0.4 is 0 Å². The topological polar surface area (TPSA) is 51.0 Å². The molecule has 3 rings (SSSR count). The van der Waals surface area contributed by atoms with Crippen molar-refractivity contribution >= 4 is 5.91 Å². The number of aromatic nitrogens is 3. The molecule has 26 heavy (non-hydrogen) atoms. The first-order valence-corrected chi connectivity index (χ1v) is 8.57. The summed E-state index contributed by atoms with van der Waals surface area (Å²) in [6, 6.07) is 13.8. The Morgan fingerprint density at radius 1 is 1.19 bits per heavy atom. The summed E-state index contributed by atoms with van der Waals surface area (Å²) in [6.45, 7) is 3.10. The lowest BCUT2D eigenvalue weighted by Crippen LogP contribution is -2.26. The van der Waals surface area contributed by atoms with Crippen LogP contribution in [0.1, 0.15) is 23.0 Å². The second-order valence-corrected chi connectivity index (χ2v) is 6.05. The Labute approximate surface area is 152 Å². The third kappa shape index (κ3) is 3.96. The number of carbonyl (C=O) groups is 1. The minimum atomic E-state index is -0.252. The first kappa shape index (κ1) is 17.8. The number of nitrogens with zero attached hydrogens (tertiary/aromatic N) is 4. The molecule has 6 heteroatoms. The van der Waals surface area contributed by atoms with Crippen LogP contribution in [0.4, 0.5) is 4.39 Å². The number of rotatable bonds is 6. The maximum atomic E-state index is 13.1. The molecule has 5 nitrogen and oxygen atoms in total. The van der Waals surface area contributed by atoms with Gasteiger partial charge < -0.3 is 4.90 Å². The van der Waals surface area contributed by atoms with Crippen LogP contribution in [-0.4, -0.2) is 39.2 Å². The number of amides is 1. The molecule has 0 unspecified atom stereocenters. The van der Waals surface area contributed by atoms with E-state index in [9.17, 15) is 9.18 Å². The molecule has 0 aliphatic rings. The Morgan fingerprint density at radius 2 is 1.96 bits per heavy atom. The molecule has 0 atom stereocenters. The normalized spacial score (nSPS) is 10.7. The summed E-state index contributed by atoms with van der Waals surface area (Å²) in [5, 5.41) is 4.50. The average Bonchev–Trinajstić information content (AvgIpc) is 3.11. The monoisotopic (exact) mass is 352 g/mol. The fourth-order valence-corrected chi connectivity index (χ4v) is 2.64. The predicted molar refractivity (Wildman–Crippen MR) is 98.2 cm³/mol. The van der Waals surface area contributed by atoms with E-state index in [4.69, 9.17) is 0 Å². The molecule has 134 valence electrons. The summed E-state index contributed by atoms with van der Waals surface area (Å²) in [6.07, 6.45) is 2.39. The lowest BCUT2D eigenvalue weighted by Gasteiger charge is -2.11. The summed E-state index contributed by atoms with van der Waals surface area (Å²) < 4.78 is 14.9. The first-order valence-electron chi connectivity index (χ1n) is 8.57. The van der Waals surface area contributed by atoms with Gasteiger partial charge in [-0.1, -0.05) is 18.2 Å². The fraction of sp³-hybridized carbons (Fsp3) is 0.250. The number of hydrogen-bond acceptors (Lipinski definition) is 3. The number of hydrogen-bond donors (Lipinski definition) is 0. The van der Waals surface area contributed by atoms with Gasteiger partial charge in [0.15, 0.2) is 5.69 Å². The van der Waals surface area contributed by atoms with Crippen molar-refractivity contribution < 1.29 is 9.18 Å². The molecule has 0 saturated carbocycles. The minimum Gasteiger partial charge on any atom is -0.341 e. The maximum Gasteiger partial charge on any atom is 0.274 e. The van der Waals surface area contributed by atoms with Crippen molar-refractivity contribution in [1.82, 2.24) is 19.7 Å². The van der Waals surface area contributed by atoms with Crippen molar-refractivity contribution in [3.05, 3.63) is 71.8 Å². The molecule has 3 aromatic rings. The predicted octanol–water partition coefficient (Wildman–Crippen LogP) is 3.42. The third-order valence-electron chi connectivity index (χ3n) is 4.27. The highest BCUT2D eigenvalue weighted by Crippen LogP contribution is 2.20. The van der Waals surface area contributed by atoms with E-state index in [0.717, 1.165) is 17.0 Å². The van der Waals surface area contributed by atoms with E-state index < -0.39 is 0 Å². The van der Waals surface area contributed by atoms with Gasteiger partial charge in [0.05, 0.1) is 11.4 Å². The van der Waals surface area contributed by atoms with Gasteiger partial charge in [0.1, 0.15) is 5.82 Å². The van der Waals surface area contributed by atoms with Crippen molar-refractivity contribution in [2.45, 2.75) is 19.9 Å². The molecular weight excluding hydrogens is 331 g/mol. The molecule has 0 fully saturated rings. The maximum absolute atomic E-state index is 13.1. The van der Waals surface area contributed by atoms with Gasteiger partial charge in [-0.25, -0.2) is 4.39 Å². The molecule has 0 saturated heterocycles. The van der Waals surface area contributed by atoms with Gasteiger partial charge in [0.25, 0.3) is 5.91 Å². The number of benzene rings is 1. The van der Waals surface area contributed by atoms with Crippen LogP contribution in [-0.2, 0) is 13.0 Å². The van der Waals surface area contributed by atoms with Gasteiger partial charge in [-0.2, -0.15) is 5.10 Å². The largest absolute Gasteiger partial charge is 0.341 e. The molecule has 2 heterocycles. The van der Waals surface area contributed by atoms with Gasteiger partial charge in [-0.15, -0.1) is 0 Å². The second kappa shape index (κ2) is 7.91. The lowest BCUT2D eigenvalue weighted by atomic mass is 10.1. The van der Waals surface area contributed by atoms with Gasteiger partial charge in [0, 0.05) is 26.3 Å². The molecule has 1 amide bonds. The Kier molecular flexibility index (Phi) is 5.41. The zero-order valence-electron chi connectivity index (χ0n) is 14.9. The number of carbonyl (C=O) groups excluding carboxylic acids is 1. The third-order valence-corrected chi connectivity index (χ3v) is 4.27. The average molecular weight is 352 g/mol. The lowest BCUT2D eigenvalue weighted by molar-refractivity contribution is 0.0795. The van der Waals surface area contributed by atoms with Gasteiger partial charge >= 0.3 is 0 Å². The highest BCUT2D eigenvalue weighted by atomic mass is 19.1. The van der Waals surface area contributed by atoms with Crippen molar-refractivity contribution in [3.63, 3.8) is 0 Å². The van der Waals surface area contributed by atoms with E-state index in [1.54, 1.807) is 41.0 Å². The SMILES string of the molecule is CCN(C)C(=O)c1cc(-c2ccccn2)n(CCc2ccc(F)cc2)n1. The summed E-state index contributed by atoms with van der Waals surface area (Å²) in [5.74, 6) is -0.372. The molecule has 1 aromatic carbocycles. The summed E-state index contributed by atoms with van der Waals surface area (Å²) in [7, 11) is 1.75. The number of aryl methyl sites for hydroxylation is 2. The van der Waals surface area contributed by atoms with Crippen LogP contribution in [0.2, 0.25) is 0 Å². The molecule has 0 aliphatic carbocycles. The fourth-order valence-electron chi connectivity index (χ4n) is 2.64. The van der Waals surface area contributed by atoms with Crippen LogP contribution in [0.25, 0.3) is 11.4 Å². The number of halogens is 1.